The molecule has 3 rings (SSSR count). The molecule has 0 bridgehead atoms. The summed E-state index contributed by atoms with van der Waals surface area (Å²) in [5.74, 6) is 0.150. The first-order chi connectivity index (χ1) is 11.4. The van der Waals surface area contributed by atoms with Crippen LogP contribution >= 0.6 is 0 Å². The maximum atomic E-state index is 12.7. The summed E-state index contributed by atoms with van der Waals surface area (Å²) >= 11 is 0. The Morgan fingerprint density at radius 2 is 2.17 bits per heavy atom. The van der Waals surface area contributed by atoms with Crippen LogP contribution in [0.5, 0.6) is 0 Å². The van der Waals surface area contributed by atoms with Crippen molar-refractivity contribution in [3.05, 3.63) is 51.2 Å². The van der Waals surface area contributed by atoms with Crippen molar-refractivity contribution in [2.45, 2.75) is 13.0 Å². The number of rotatable bonds is 3. The zero-order valence-corrected chi connectivity index (χ0v) is 13.3. The summed E-state index contributed by atoms with van der Waals surface area (Å²) in [6, 6.07) is 5.47. The average Bonchev–Trinajstić information content (AvgIpc) is 3.00. The van der Waals surface area contributed by atoms with Crippen molar-refractivity contribution in [3.8, 4) is 0 Å². The fraction of sp³-hybridized carbons (Fsp3) is 0.286. The molecule has 2 heterocycles. The normalized spacial score (nSPS) is 16.4. The van der Waals surface area contributed by atoms with E-state index >= 15 is 0 Å². The Kier molecular flexibility index (Phi) is 3.72. The van der Waals surface area contributed by atoms with Crippen molar-refractivity contribution in [3.63, 3.8) is 0 Å². The van der Waals surface area contributed by atoms with Gasteiger partial charge in [0.2, 0.25) is 5.95 Å². The molecule has 1 amide bonds. The molecular formula is C14H15N7O3. The largest absolute Gasteiger partial charge is 0.345 e. The number of nitrogens with zero attached hydrogens (tertiary/aromatic N) is 6. The first kappa shape index (κ1) is 15.6. The predicted molar refractivity (Wildman–Crippen MR) is 84.1 cm³/mol. The van der Waals surface area contributed by atoms with Crippen LogP contribution in [-0.4, -0.2) is 50.0 Å². The van der Waals surface area contributed by atoms with Crippen molar-refractivity contribution in [2.75, 3.05) is 19.4 Å². The van der Waals surface area contributed by atoms with Gasteiger partial charge < -0.3 is 10.2 Å². The van der Waals surface area contributed by atoms with Crippen molar-refractivity contribution in [1.82, 2.24) is 25.1 Å². The summed E-state index contributed by atoms with van der Waals surface area (Å²) in [4.78, 5) is 24.7. The molecule has 24 heavy (non-hydrogen) atoms. The topological polar surface area (TPSA) is 119 Å². The van der Waals surface area contributed by atoms with Crippen LogP contribution in [0.1, 0.15) is 18.5 Å². The van der Waals surface area contributed by atoms with Gasteiger partial charge in [0.25, 0.3) is 11.6 Å². The van der Waals surface area contributed by atoms with Crippen LogP contribution in [0.4, 0.5) is 11.6 Å². The van der Waals surface area contributed by atoms with E-state index in [1.54, 1.807) is 33.2 Å². The van der Waals surface area contributed by atoms with E-state index < -0.39 is 11.0 Å². The first-order valence-electron chi connectivity index (χ1n) is 7.12. The molecule has 1 N–H and O–H groups in total. The van der Waals surface area contributed by atoms with E-state index in [9.17, 15) is 14.9 Å². The minimum atomic E-state index is -0.647. The number of allylic oxidation sites excluding steroid dienone is 1. The molecule has 0 fully saturated rings. The highest BCUT2D eigenvalue weighted by Crippen LogP contribution is 2.35. The lowest BCUT2D eigenvalue weighted by Crippen LogP contribution is -2.34. The summed E-state index contributed by atoms with van der Waals surface area (Å²) in [6.45, 7) is 1.75. The fourth-order valence-electron chi connectivity index (χ4n) is 2.65. The lowest BCUT2D eigenvalue weighted by atomic mass is 9.94. The monoisotopic (exact) mass is 329 g/mol. The number of anilines is 1. The second-order valence-electron chi connectivity index (χ2n) is 5.56. The van der Waals surface area contributed by atoms with Gasteiger partial charge in [-0.3, -0.25) is 14.9 Å². The molecule has 0 aliphatic carbocycles. The van der Waals surface area contributed by atoms with Crippen LogP contribution in [0.15, 0.2) is 35.5 Å². The minimum Gasteiger partial charge on any atom is -0.345 e. The number of carbonyl (C=O) groups excluding carboxylic acids is 1. The fourth-order valence-corrected chi connectivity index (χ4v) is 2.65. The van der Waals surface area contributed by atoms with Crippen molar-refractivity contribution >= 4 is 17.5 Å². The molecule has 0 unspecified atom stereocenters. The van der Waals surface area contributed by atoms with Crippen LogP contribution in [0, 0.1) is 10.1 Å². The van der Waals surface area contributed by atoms with Crippen molar-refractivity contribution < 1.29 is 9.72 Å². The number of hydrogen-bond donors (Lipinski definition) is 1. The number of non-ortho nitro benzene ring substituents is 1. The van der Waals surface area contributed by atoms with E-state index in [2.05, 4.69) is 20.8 Å². The van der Waals surface area contributed by atoms with Gasteiger partial charge in [0, 0.05) is 31.9 Å². The van der Waals surface area contributed by atoms with Gasteiger partial charge in [-0.15, -0.1) is 0 Å². The third kappa shape index (κ3) is 2.47. The van der Waals surface area contributed by atoms with Gasteiger partial charge >= 0.3 is 0 Å². The van der Waals surface area contributed by atoms with Gasteiger partial charge in [-0.05, 0) is 22.9 Å². The number of nitrogens with one attached hydrogen (secondary N) is 1. The maximum absolute atomic E-state index is 12.7. The highest BCUT2D eigenvalue weighted by Gasteiger charge is 2.35. The molecule has 1 aromatic heterocycles. The Labute approximate surface area is 136 Å². The summed E-state index contributed by atoms with van der Waals surface area (Å²) in [6.07, 6.45) is 0. The number of benzene rings is 1. The third-order valence-corrected chi connectivity index (χ3v) is 3.75. The third-order valence-electron chi connectivity index (χ3n) is 3.75. The number of nitro benzene ring substituents is 1. The van der Waals surface area contributed by atoms with E-state index in [0.29, 0.717) is 22.8 Å². The lowest BCUT2D eigenvalue weighted by molar-refractivity contribution is -0.384. The highest BCUT2D eigenvalue weighted by atomic mass is 16.6. The SMILES string of the molecule is CC1=C(C(=O)N(C)C)[C@H](c2cccc([N+](=O)[O-])c2)n2nnnc2N1. The number of carbonyl (C=O) groups is 1. The van der Waals surface area contributed by atoms with Crippen LogP contribution < -0.4 is 5.32 Å². The predicted octanol–water partition coefficient (Wildman–Crippen LogP) is 0.958. The molecule has 2 aromatic rings. The zero-order valence-electron chi connectivity index (χ0n) is 13.3. The molecule has 1 atom stereocenters. The number of tetrazole rings is 1. The van der Waals surface area contributed by atoms with E-state index in [1.807, 2.05) is 0 Å². The van der Waals surface area contributed by atoms with Gasteiger partial charge in [-0.1, -0.05) is 17.2 Å². The molecule has 10 nitrogen and oxygen atoms in total. The summed E-state index contributed by atoms with van der Waals surface area (Å²) in [5.41, 5.74) is 1.53. The Balaban J connectivity index is 2.20. The lowest BCUT2D eigenvalue weighted by Gasteiger charge is -2.29. The highest BCUT2D eigenvalue weighted by molar-refractivity contribution is 5.96. The van der Waals surface area contributed by atoms with Crippen LogP contribution in [0.2, 0.25) is 0 Å². The average molecular weight is 329 g/mol. The van der Waals surface area contributed by atoms with E-state index in [1.165, 1.54) is 21.7 Å². The Morgan fingerprint density at radius 3 is 2.83 bits per heavy atom. The molecule has 10 heteroatoms. The molecule has 1 aromatic carbocycles. The smallest absolute Gasteiger partial charge is 0.269 e. The van der Waals surface area contributed by atoms with Crippen LogP contribution in [0.25, 0.3) is 0 Å². The Bertz CT molecular complexity index is 856. The maximum Gasteiger partial charge on any atom is 0.269 e. The standard InChI is InChI=1S/C14H15N7O3/c1-8-11(13(22)19(2)3)12(20-14(15-8)16-17-18-20)9-5-4-6-10(7-9)21(23)24/h4-7,12H,1-3H3,(H,15,16,18)/t12-/m0/s1. The Morgan fingerprint density at radius 1 is 1.42 bits per heavy atom. The van der Waals surface area contributed by atoms with Crippen molar-refractivity contribution in [2.24, 2.45) is 0 Å². The molecule has 0 saturated heterocycles. The van der Waals surface area contributed by atoms with Gasteiger partial charge in [-0.2, -0.15) is 4.68 Å². The zero-order chi connectivity index (χ0) is 17.4. The molecule has 1 aliphatic rings. The molecule has 0 spiro atoms. The number of aromatic nitrogens is 4. The number of nitro groups is 1. The van der Waals surface area contributed by atoms with Gasteiger partial charge in [0.05, 0.1) is 10.5 Å². The second-order valence-corrected chi connectivity index (χ2v) is 5.56. The second kappa shape index (κ2) is 5.72. The summed E-state index contributed by atoms with van der Waals surface area (Å²) in [7, 11) is 3.28. The van der Waals surface area contributed by atoms with E-state index in [0.717, 1.165) is 0 Å². The number of fused-ring (bicyclic) bond motifs is 1. The van der Waals surface area contributed by atoms with E-state index in [4.69, 9.17) is 0 Å². The molecule has 0 radical (unpaired) electrons. The minimum absolute atomic E-state index is 0.0602. The molecule has 0 saturated carbocycles. The van der Waals surface area contributed by atoms with Crippen LogP contribution in [0.3, 0.4) is 0 Å². The first-order valence-corrected chi connectivity index (χ1v) is 7.12. The molecule has 1 aliphatic heterocycles. The molecule has 124 valence electrons. The number of likely N-dealkylation sites (N-methyl/N-ethyl adjacent to an activating group) is 1. The van der Waals surface area contributed by atoms with Gasteiger partial charge in [-0.25, -0.2) is 0 Å². The van der Waals surface area contributed by atoms with Crippen LogP contribution in [-0.2, 0) is 4.79 Å². The quantitative estimate of drug-likeness (QED) is 0.658. The van der Waals surface area contributed by atoms with Gasteiger partial charge in [0.15, 0.2) is 0 Å². The summed E-state index contributed by atoms with van der Waals surface area (Å²) < 4.78 is 1.45. The Hall–Kier alpha value is -3.30. The summed E-state index contributed by atoms with van der Waals surface area (Å²) in [5, 5.41) is 25.5. The van der Waals surface area contributed by atoms with E-state index in [-0.39, 0.29) is 11.6 Å². The number of amides is 1. The molecular weight excluding hydrogens is 314 g/mol. The number of hydrogen-bond acceptors (Lipinski definition) is 7. The van der Waals surface area contributed by atoms with Crippen molar-refractivity contribution in [1.29, 1.82) is 0 Å². The van der Waals surface area contributed by atoms with Gasteiger partial charge in [0.1, 0.15) is 6.04 Å².